The summed E-state index contributed by atoms with van der Waals surface area (Å²) >= 11 is 5.78. The molecular weight excluding hydrogens is 364 g/mol. The number of nitrogens with one attached hydrogen (secondary N) is 1. The lowest BCUT2D eigenvalue weighted by Crippen LogP contribution is -2.41. The first kappa shape index (κ1) is 19.1. The molecule has 0 unspecified atom stereocenters. The van der Waals surface area contributed by atoms with E-state index in [0.717, 1.165) is 10.6 Å². The van der Waals surface area contributed by atoms with Gasteiger partial charge in [-0.25, -0.2) is 8.42 Å². The van der Waals surface area contributed by atoms with E-state index in [2.05, 4.69) is 5.32 Å². The summed E-state index contributed by atoms with van der Waals surface area (Å²) in [5.41, 5.74) is 0.442. The zero-order valence-electron chi connectivity index (χ0n) is 13.7. The van der Waals surface area contributed by atoms with Crippen LogP contribution in [-0.2, 0) is 14.8 Å². The number of halogens is 1. The summed E-state index contributed by atoms with van der Waals surface area (Å²) in [4.78, 5) is 12.0. The number of rotatable bonds is 8. The fourth-order valence-electron chi connectivity index (χ4n) is 2.07. The van der Waals surface area contributed by atoms with Crippen LogP contribution in [0.1, 0.15) is 0 Å². The van der Waals surface area contributed by atoms with E-state index in [1.165, 1.54) is 0 Å². The van der Waals surface area contributed by atoms with Crippen LogP contribution in [0.25, 0.3) is 0 Å². The molecule has 25 heavy (non-hydrogen) atoms. The van der Waals surface area contributed by atoms with Crippen LogP contribution in [0.3, 0.4) is 0 Å². The average Bonchev–Trinajstić information content (AvgIpc) is 2.58. The lowest BCUT2D eigenvalue weighted by Gasteiger charge is -2.21. The van der Waals surface area contributed by atoms with Gasteiger partial charge in [-0.05, 0) is 36.4 Å². The van der Waals surface area contributed by atoms with Gasteiger partial charge < -0.3 is 10.1 Å². The Morgan fingerprint density at radius 3 is 2.36 bits per heavy atom. The number of carbonyl (C=O) groups excluding carboxylic acids is 1. The Bertz CT molecular complexity index is 795. The van der Waals surface area contributed by atoms with Gasteiger partial charge in [0, 0.05) is 5.02 Å². The number of amides is 1. The van der Waals surface area contributed by atoms with Gasteiger partial charge in [-0.1, -0.05) is 29.8 Å². The number of hydrogen-bond donors (Lipinski definition) is 1. The number of nitrogens with zero attached hydrogens (tertiary/aromatic N) is 1. The fraction of sp³-hybridized carbons (Fsp3) is 0.235. The summed E-state index contributed by atoms with van der Waals surface area (Å²) in [6.07, 6.45) is 1.07. The Kier molecular flexibility index (Phi) is 6.66. The van der Waals surface area contributed by atoms with Crippen molar-refractivity contribution >= 4 is 33.2 Å². The molecule has 0 saturated carbocycles. The minimum atomic E-state index is -3.56. The van der Waals surface area contributed by atoms with Crippen molar-refractivity contribution in [2.45, 2.75) is 0 Å². The Labute approximate surface area is 152 Å². The Balaban J connectivity index is 1.84. The van der Waals surface area contributed by atoms with Crippen molar-refractivity contribution in [2.75, 3.05) is 30.3 Å². The molecule has 1 N–H and O–H groups in total. The Morgan fingerprint density at radius 1 is 1.12 bits per heavy atom. The highest BCUT2D eigenvalue weighted by molar-refractivity contribution is 7.92. The van der Waals surface area contributed by atoms with E-state index in [0.29, 0.717) is 16.5 Å². The van der Waals surface area contributed by atoms with Crippen LogP contribution in [0.15, 0.2) is 54.6 Å². The van der Waals surface area contributed by atoms with Crippen LogP contribution >= 0.6 is 11.6 Å². The molecule has 0 aliphatic heterocycles. The summed E-state index contributed by atoms with van der Waals surface area (Å²) in [5.74, 6) is 0.231. The predicted octanol–water partition coefficient (Wildman–Crippen LogP) is 2.30. The van der Waals surface area contributed by atoms with E-state index < -0.39 is 15.9 Å². The first-order valence-electron chi connectivity index (χ1n) is 7.54. The van der Waals surface area contributed by atoms with E-state index >= 15 is 0 Å². The number of para-hydroxylation sites is 1. The summed E-state index contributed by atoms with van der Waals surface area (Å²) < 4.78 is 30.4. The summed E-state index contributed by atoms with van der Waals surface area (Å²) in [7, 11) is -3.56. The van der Waals surface area contributed by atoms with E-state index in [9.17, 15) is 13.2 Å². The molecule has 0 saturated heterocycles. The fourth-order valence-corrected chi connectivity index (χ4v) is 3.05. The van der Waals surface area contributed by atoms with Crippen LogP contribution in [0, 0.1) is 0 Å². The van der Waals surface area contributed by atoms with Crippen molar-refractivity contribution in [3.05, 3.63) is 59.6 Å². The van der Waals surface area contributed by atoms with Crippen LogP contribution in [0.4, 0.5) is 5.69 Å². The summed E-state index contributed by atoms with van der Waals surface area (Å²) in [6, 6.07) is 15.3. The van der Waals surface area contributed by atoms with Crippen LogP contribution < -0.4 is 14.4 Å². The molecule has 134 valence electrons. The molecule has 0 radical (unpaired) electrons. The van der Waals surface area contributed by atoms with Gasteiger partial charge >= 0.3 is 0 Å². The van der Waals surface area contributed by atoms with Crippen molar-refractivity contribution in [1.29, 1.82) is 0 Å². The van der Waals surface area contributed by atoms with E-state index in [1.54, 1.807) is 54.6 Å². The minimum Gasteiger partial charge on any atom is -0.492 e. The lowest BCUT2D eigenvalue weighted by atomic mass is 10.3. The standard InChI is InChI=1S/C17H19ClN2O4S/c1-25(22,23)20(15-5-3-2-4-6-15)13-17(21)19-11-12-24-16-9-7-14(18)8-10-16/h2-10H,11-13H2,1H3,(H,19,21). The van der Waals surface area contributed by atoms with Gasteiger partial charge in [-0.15, -0.1) is 0 Å². The van der Waals surface area contributed by atoms with Crippen molar-refractivity contribution in [2.24, 2.45) is 0 Å². The highest BCUT2D eigenvalue weighted by atomic mass is 35.5. The third-order valence-corrected chi connectivity index (χ3v) is 4.63. The molecule has 1 amide bonds. The third kappa shape index (κ3) is 6.28. The van der Waals surface area contributed by atoms with Gasteiger partial charge in [-0.2, -0.15) is 0 Å². The van der Waals surface area contributed by atoms with Crippen LogP contribution in [0.2, 0.25) is 5.02 Å². The van der Waals surface area contributed by atoms with E-state index in [1.807, 2.05) is 0 Å². The number of ether oxygens (including phenoxy) is 1. The Hall–Kier alpha value is -2.25. The molecule has 0 heterocycles. The molecule has 2 aromatic rings. The number of carbonyl (C=O) groups is 1. The normalized spacial score (nSPS) is 11.0. The van der Waals surface area contributed by atoms with Gasteiger partial charge in [0.05, 0.1) is 18.5 Å². The SMILES string of the molecule is CS(=O)(=O)N(CC(=O)NCCOc1ccc(Cl)cc1)c1ccccc1. The van der Waals surface area contributed by atoms with E-state index in [4.69, 9.17) is 16.3 Å². The molecule has 2 aromatic carbocycles. The second-order valence-electron chi connectivity index (χ2n) is 5.26. The van der Waals surface area contributed by atoms with Gasteiger partial charge in [-0.3, -0.25) is 9.10 Å². The molecule has 2 rings (SSSR count). The topological polar surface area (TPSA) is 75.7 Å². The molecule has 0 aromatic heterocycles. The first-order valence-corrected chi connectivity index (χ1v) is 9.77. The van der Waals surface area contributed by atoms with Crippen molar-refractivity contribution in [3.63, 3.8) is 0 Å². The molecule has 0 fully saturated rings. The third-order valence-electron chi connectivity index (χ3n) is 3.24. The highest BCUT2D eigenvalue weighted by Gasteiger charge is 2.20. The average molecular weight is 383 g/mol. The number of benzene rings is 2. The predicted molar refractivity (Wildman–Crippen MR) is 98.6 cm³/mol. The summed E-state index contributed by atoms with van der Waals surface area (Å²) in [5, 5.41) is 3.25. The molecule has 0 atom stereocenters. The maximum absolute atomic E-state index is 12.0. The van der Waals surface area contributed by atoms with Crippen molar-refractivity contribution in [1.82, 2.24) is 5.32 Å². The largest absolute Gasteiger partial charge is 0.492 e. The first-order chi connectivity index (χ1) is 11.9. The molecule has 0 aliphatic rings. The molecule has 6 nitrogen and oxygen atoms in total. The van der Waals surface area contributed by atoms with E-state index in [-0.39, 0.29) is 19.7 Å². The smallest absolute Gasteiger partial charge is 0.240 e. The second-order valence-corrected chi connectivity index (χ2v) is 7.60. The molecular formula is C17H19ClN2O4S. The molecule has 0 bridgehead atoms. The number of anilines is 1. The van der Waals surface area contributed by atoms with Crippen LogP contribution in [0.5, 0.6) is 5.75 Å². The monoisotopic (exact) mass is 382 g/mol. The lowest BCUT2D eigenvalue weighted by molar-refractivity contribution is -0.119. The minimum absolute atomic E-state index is 0.258. The van der Waals surface area contributed by atoms with Gasteiger partial charge in [0.15, 0.2) is 0 Å². The quantitative estimate of drug-likeness (QED) is 0.711. The van der Waals surface area contributed by atoms with Gasteiger partial charge in [0.25, 0.3) is 0 Å². The molecule has 8 heteroatoms. The Morgan fingerprint density at radius 2 is 1.76 bits per heavy atom. The summed E-state index contributed by atoms with van der Waals surface area (Å²) in [6.45, 7) is 0.231. The van der Waals surface area contributed by atoms with Crippen LogP contribution in [-0.4, -0.2) is 40.3 Å². The van der Waals surface area contributed by atoms with Crippen molar-refractivity contribution in [3.8, 4) is 5.75 Å². The maximum atomic E-state index is 12.0. The van der Waals surface area contributed by atoms with Gasteiger partial charge in [0.1, 0.15) is 18.9 Å². The molecule has 0 aliphatic carbocycles. The van der Waals surface area contributed by atoms with Crippen molar-refractivity contribution < 1.29 is 17.9 Å². The number of sulfonamides is 1. The second kappa shape index (κ2) is 8.73. The highest BCUT2D eigenvalue weighted by Crippen LogP contribution is 2.16. The zero-order chi connectivity index (χ0) is 18.3. The van der Waals surface area contributed by atoms with Gasteiger partial charge in [0.2, 0.25) is 15.9 Å². The molecule has 0 spiro atoms. The zero-order valence-corrected chi connectivity index (χ0v) is 15.3. The maximum Gasteiger partial charge on any atom is 0.240 e. The number of hydrogen-bond acceptors (Lipinski definition) is 4.